The number of para-hydroxylation sites is 1. The molecule has 0 saturated heterocycles. The average Bonchev–Trinajstić information content (AvgIpc) is 3.42. The third kappa shape index (κ3) is 4.29. The molecule has 2 heterocycles. The zero-order valence-corrected chi connectivity index (χ0v) is 20.6. The van der Waals surface area contributed by atoms with Crippen LogP contribution >= 0.6 is 0 Å². The van der Waals surface area contributed by atoms with Crippen LogP contribution in [-0.2, 0) is 11.8 Å². The Kier molecular flexibility index (Phi) is 6.37. The number of ketones is 1. The number of aromatic nitrogens is 1. The summed E-state index contributed by atoms with van der Waals surface area (Å²) in [7, 11) is 1.87. The van der Waals surface area contributed by atoms with Crippen molar-refractivity contribution in [3.8, 4) is 17.2 Å². The molecular formula is C28H18F5NO5. The van der Waals surface area contributed by atoms with Gasteiger partial charge in [0, 0.05) is 35.3 Å². The molecule has 0 fully saturated rings. The highest BCUT2D eigenvalue weighted by atomic mass is 19.2. The van der Waals surface area contributed by atoms with E-state index in [1.165, 1.54) is 19.1 Å². The normalized spacial score (nSPS) is 14.5. The summed E-state index contributed by atoms with van der Waals surface area (Å²) >= 11 is 0. The maximum Gasteiger partial charge on any atom is 0.352 e. The average molecular weight is 543 g/mol. The van der Waals surface area contributed by atoms with E-state index in [1.807, 2.05) is 42.1 Å². The number of benzene rings is 3. The first-order valence-corrected chi connectivity index (χ1v) is 11.5. The van der Waals surface area contributed by atoms with Gasteiger partial charge in [0.1, 0.15) is 11.5 Å². The van der Waals surface area contributed by atoms with E-state index >= 15 is 0 Å². The summed E-state index contributed by atoms with van der Waals surface area (Å²) in [5.74, 6) is -14.3. The van der Waals surface area contributed by atoms with Crippen molar-refractivity contribution in [2.45, 2.75) is 20.0 Å². The molecule has 5 rings (SSSR count). The summed E-state index contributed by atoms with van der Waals surface area (Å²) in [6.45, 7) is 2.53. The number of hydrogen-bond acceptors (Lipinski definition) is 5. The SMILES string of the molecule is Cc1c(OC(=O)C(C)Oc2c(F)c(F)c(F)c(F)c2F)ccc2c1O/C(=C\c1cn(C)c3ccccc13)C2=O. The molecule has 0 aliphatic carbocycles. The van der Waals surface area contributed by atoms with Crippen LogP contribution in [0.5, 0.6) is 17.2 Å². The van der Waals surface area contributed by atoms with Crippen molar-refractivity contribution in [3.05, 3.63) is 94.1 Å². The summed E-state index contributed by atoms with van der Waals surface area (Å²) in [5, 5.41) is 0.911. The smallest absolute Gasteiger partial charge is 0.352 e. The molecule has 0 bridgehead atoms. The van der Waals surface area contributed by atoms with Gasteiger partial charge >= 0.3 is 5.97 Å². The van der Waals surface area contributed by atoms with Gasteiger partial charge in [-0.05, 0) is 38.1 Å². The first-order valence-electron chi connectivity index (χ1n) is 11.5. The highest BCUT2D eigenvalue weighted by Gasteiger charge is 2.33. The van der Waals surface area contributed by atoms with Crippen LogP contribution in [0, 0.1) is 36.0 Å². The Labute approximate surface area is 217 Å². The van der Waals surface area contributed by atoms with Gasteiger partial charge in [-0.15, -0.1) is 0 Å². The van der Waals surface area contributed by atoms with E-state index in [-0.39, 0.29) is 34.2 Å². The molecule has 1 aliphatic rings. The number of fused-ring (bicyclic) bond motifs is 2. The van der Waals surface area contributed by atoms with E-state index in [1.54, 1.807) is 6.08 Å². The minimum Gasteiger partial charge on any atom is -0.473 e. The number of Topliss-reactive ketones (excluding diaryl/α,β-unsaturated/α-hetero) is 1. The molecule has 0 saturated carbocycles. The van der Waals surface area contributed by atoms with Crippen LogP contribution in [0.4, 0.5) is 22.0 Å². The molecule has 0 N–H and O–H groups in total. The number of aryl methyl sites for hydroxylation is 1. The molecule has 1 unspecified atom stereocenters. The van der Waals surface area contributed by atoms with Crippen LogP contribution < -0.4 is 14.2 Å². The predicted octanol–water partition coefficient (Wildman–Crippen LogP) is 6.17. The van der Waals surface area contributed by atoms with Gasteiger partial charge in [0.05, 0.1) is 5.56 Å². The van der Waals surface area contributed by atoms with Crippen LogP contribution in [0.3, 0.4) is 0 Å². The van der Waals surface area contributed by atoms with Crippen LogP contribution in [-0.4, -0.2) is 22.4 Å². The highest BCUT2D eigenvalue weighted by Crippen LogP contribution is 2.40. The van der Waals surface area contributed by atoms with Crippen molar-refractivity contribution >= 4 is 28.7 Å². The maximum atomic E-state index is 13.9. The first-order chi connectivity index (χ1) is 18.5. The van der Waals surface area contributed by atoms with Gasteiger partial charge in [0.2, 0.25) is 34.9 Å². The van der Waals surface area contributed by atoms with E-state index in [2.05, 4.69) is 0 Å². The number of carbonyl (C=O) groups excluding carboxylic acids is 2. The number of rotatable bonds is 5. The second kappa shape index (κ2) is 9.57. The third-order valence-electron chi connectivity index (χ3n) is 6.26. The Bertz CT molecular complexity index is 1700. The monoisotopic (exact) mass is 543 g/mol. The topological polar surface area (TPSA) is 66.8 Å². The van der Waals surface area contributed by atoms with Crippen molar-refractivity contribution in [1.82, 2.24) is 4.57 Å². The molecule has 6 nitrogen and oxygen atoms in total. The molecule has 0 amide bonds. The number of allylic oxidation sites excluding steroid dienone is 1. The van der Waals surface area contributed by atoms with Gasteiger partial charge in [-0.2, -0.15) is 8.78 Å². The molecule has 1 aromatic heterocycles. The summed E-state index contributed by atoms with van der Waals surface area (Å²) < 4.78 is 85.7. The number of hydrogen-bond donors (Lipinski definition) is 0. The third-order valence-corrected chi connectivity index (χ3v) is 6.26. The largest absolute Gasteiger partial charge is 0.473 e. The van der Waals surface area contributed by atoms with E-state index in [0.717, 1.165) is 23.4 Å². The molecule has 1 atom stereocenters. The van der Waals surface area contributed by atoms with Gasteiger partial charge in [0.25, 0.3) is 0 Å². The Morgan fingerprint density at radius 2 is 1.62 bits per heavy atom. The van der Waals surface area contributed by atoms with E-state index < -0.39 is 46.9 Å². The van der Waals surface area contributed by atoms with Gasteiger partial charge < -0.3 is 18.8 Å². The van der Waals surface area contributed by atoms with Crippen LogP contribution in [0.15, 0.2) is 48.4 Å². The van der Waals surface area contributed by atoms with Crippen molar-refractivity contribution in [1.29, 1.82) is 0 Å². The molecule has 3 aromatic carbocycles. The van der Waals surface area contributed by atoms with E-state index in [9.17, 15) is 31.5 Å². The molecule has 39 heavy (non-hydrogen) atoms. The molecule has 200 valence electrons. The lowest BCUT2D eigenvalue weighted by molar-refractivity contribution is -0.141. The number of ether oxygens (including phenoxy) is 3. The molecule has 0 spiro atoms. The van der Waals surface area contributed by atoms with Crippen LogP contribution in [0.1, 0.15) is 28.4 Å². The standard InChI is InChI=1S/C28H18F5NO5/c1-12-18(39-28(36)13(2)37-27-23(32)21(30)20(29)22(31)24(27)33)9-8-16-25(35)19(38-26(12)16)10-14-11-34(3)17-7-5-4-6-15(14)17/h4-11,13H,1-3H3/b19-10-. The van der Waals surface area contributed by atoms with Crippen molar-refractivity contribution < 1.29 is 45.8 Å². The fraction of sp³-hybridized carbons (Fsp3) is 0.143. The van der Waals surface area contributed by atoms with Crippen LogP contribution in [0.2, 0.25) is 0 Å². The van der Waals surface area contributed by atoms with Gasteiger partial charge in [-0.1, -0.05) is 18.2 Å². The quantitative estimate of drug-likeness (QED) is 0.0752. The zero-order chi connectivity index (χ0) is 28.2. The maximum absolute atomic E-state index is 13.9. The van der Waals surface area contributed by atoms with E-state index in [4.69, 9.17) is 14.2 Å². The van der Waals surface area contributed by atoms with Gasteiger partial charge in [-0.25, -0.2) is 18.0 Å². The van der Waals surface area contributed by atoms with E-state index in [0.29, 0.717) is 0 Å². The molecule has 4 aromatic rings. The second-order valence-corrected chi connectivity index (χ2v) is 8.80. The van der Waals surface area contributed by atoms with Crippen molar-refractivity contribution in [2.24, 2.45) is 7.05 Å². The first kappa shape index (κ1) is 26.0. The lowest BCUT2D eigenvalue weighted by atomic mass is 10.1. The number of esters is 1. The summed E-state index contributed by atoms with van der Waals surface area (Å²) in [6, 6.07) is 10.3. The van der Waals surface area contributed by atoms with Gasteiger partial charge in [0.15, 0.2) is 17.6 Å². The molecule has 0 radical (unpaired) electrons. The molecule has 1 aliphatic heterocycles. The zero-order valence-electron chi connectivity index (χ0n) is 20.6. The fourth-order valence-electron chi connectivity index (χ4n) is 4.21. The number of halogens is 5. The Balaban J connectivity index is 1.38. The minimum atomic E-state index is -2.36. The second-order valence-electron chi connectivity index (χ2n) is 8.80. The molecule has 11 heteroatoms. The Hall–Kier alpha value is -4.67. The summed E-state index contributed by atoms with van der Waals surface area (Å²) in [4.78, 5) is 25.5. The Morgan fingerprint density at radius 1 is 0.974 bits per heavy atom. The summed E-state index contributed by atoms with van der Waals surface area (Å²) in [6.07, 6.45) is 1.69. The van der Waals surface area contributed by atoms with Crippen molar-refractivity contribution in [3.63, 3.8) is 0 Å². The lowest BCUT2D eigenvalue weighted by Gasteiger charge is -2.16. The van der Waals surface area contributed by atoms with Crippen molar-refractivity contribution in [2.75, 3.05) is 0 Å². The lowest BCUT2D eigenvalue weighted by Crippen LogP contribution is -2.29. The summed E-state index contributed by atoms with van der Waals surface area (Å²) in [5.41, 5.74) is 2.20. The number of nitrogens with zero attached hydrogens (tertiary/aromatic N) is 1. The predicted molar refractivity (Wildman–Crippen MR) is 129 cm³/mol. The minimum absolute atomic E-state index is 0.0518. The Morgan fingerprint density at radius 3 is 2.31 bits per heavy atom. The van der Waals surface area contributed by atoms with Gasteiger partial charge in [-0.3, -0.25) is 4.79 Å². The fourth-order valence-corrected chi connectivity index (χ4v) is 4.21. The highest BCUT2D eigenvalue weighted by molar-refractivity contribution is 6.15. The number of carbonyl (C=O) groups is 2. The van der Waals surface area contributed by atoms with Crippen LogP contribution in [0.25, 0.3) is 17.0 Å². The molecular weight excluding hydrogens is 525 g/mol.